The fraction of sp³-hybridized carbons (Fsp3) is 0.500. The third-order valence-corrected chi connectivity index (χ3v) is 4.20. The minimum atomic E-state index is -1.05. The van der Waals surface area contributed by atoms with Crippen molar-refractivity contribution in [3.63, 3.8) is 0 Å². The number of hydrogen-bond donors (Lipinski definition) is 1. The first-order chi connectivity index (χ1) is 8.46. The van der Waals surface area contributed by atoms with Crippen LogP contribution in [-0.2, 0) is 11.3 Å². The predicted molar refractivity (Wildman–Crippen MR) is 71.7 cm³/mol. The summed E-state index contributed by atoms with van der Waals surface area (Å²) in [5, 5.41) is 0.751. The van der Waals surface area contributed by atoms with E-state index in [9.17, 15) is 0 Å². The molecule has 0 aliphatic heterocycles. The summed E-state index contributed by atoms with van der Waals surface area (Å²) in [6.45, 7) is 8.08. The quantitative estimate of drug-likeness (QED) is 0.656. The topological polar surface area (TPSA) is 50.8 Å². The first kappa shape index (κ1) is 10.9. The first-order valence-electron chi connectivity index (χ1n) is 6.34. The van der Waals surface area contributed by atoms with Crippen molar-refractivity contribution in [3.05, 3.63) is 24.3 Å². The highest BCUT2D eigenvalue weighted by Crippen LogP contribution is 2.10. The Bertz CT molecular complexity index is 536. The van der Waals surface area contributed by atoms with Gasteiger partial charge in [0.2, 0.25) is 0 Å². The summed E-state index contributed by atoms with van der Waals surface area (Å²) in [6.07, 6.45) is 2.03. The van der Waals surface area contributed by atoms with Gasteiger partial charge in [-0.1, -0.05) is 19.6 Å². The maximum Gasteiger partial charge on any atom is 0.156 e. The Kier molecular flexibility index (Phi) is 3.19. The number of H-pyrrole nitrogens is 1. The van der Waals surface area contributed by atoms with E-state index in [1.54, 1.807) is 6.20 Å². The lowest BCUT2D eigenvalue weighted by Gasteiger charge is -2.14. The number of ether oxygens (including phenoxy) is 1. The molecule has 0 fully saturated rings. The lowest BCUT2D eigenvalue weighted by atomic mass is 10.4. The lowest BCUT2D eigenvalue weighted by Crippen LogP contribution is -2.21. The van der Waals surface area contributed by atoms with Crippen molar-refractivity contribution in [3.8, 4) is 0 Å². The SMILES string of the molecule is [2H]c1nc(COCC[Si](C)(C)C)nc2[nH]ccc12. The van der Waals surface area contributed by atoms with Crippen molar-refractivity contribution in [1.82, 2.24) is 15.0 Å². The highest BCUT2D eigenvalue weighted by Gasteiger charge is 2.12. The van der Waals surface area contributed by atoms with Crippen molar-refractivity contribution in [2.24, 2.45) is 0 Å². The average Bonchev–Trinajstić information content (AvgIpc) is 2.71. The van der Waals surface area contributed by atoms with Gasteiger partial charge in [0, 0.05) is 32.4 Å². The number of fused-ring (bicyclic) bond motifs is 1. The third kappa shape index (κ3) is 3.64. The number of nitrogens with zero attached hydrogens (tertiary/aromatic N) is 2. The van der Waals surface area contributed by atoms with Gasteiger partial charge in [0.05, 0.1) is 1.37 Å². The van der Waals surface area contributed by atoms with Gasteiger partial charge < -0.3 is 9.72 Å². The maximum atomic E-state index is 7.78. The van der Waals surface area contributed by atoms with E-state index in [4.69, 9.17) is 6.11 Å². The van der Waals surface area contributed by atoms with Crippen molar-refractivity contribution in [2.45, 2.75) is 32.3 Å². The van der Waals surface area contributed by atoms with Crippen LogP contribution in [0.25, 0.3) is 11.0 Å². The zero-order valence-corrected chi connectivity index (χ0v) is 11.6. The molecular formula is C12H19N3OSi. The molecule has 2 aromatic rings. The van der Waals surface area contributed by atoms with E-state index in [-0.39, 0.29) is 6.17 Å². The molecule has 0 atom stereocenters. The molecule has 2 heterocycles. The molecule has 0 aromatic carbocycles. The van der Waals surface area contributed by atoms with Crippen LogP contribution in [0.1, 0.15) is 7.20 Å². The van der Waals surface area contributed by atoms with E-state index in [0.717, 1.165) is 18.0 Å². The summed E-state index contributed by atoms with van der Waals surface area (Å²) in [6, 6.07) is 2.94. The van der Waals surface area contributed by atoms with Gasteiger partial charge in [-0.2, -0.15) is 0 Å². The van der Waals surface area contributed by atoms with E-state index < -0.39 is 8.07 Å². The molecule has 1 N–H and O–H groups in total. The van der Waals surface area contributed by atoms with Crippen LogP contribution in [-0.4, -0.2) is 29.6 Å². The van der Waals surface area contributed by atoms with Crippen LogP contribution in [0.5, 0.6) is 0 Å². The number of rotatable bonds is 5. The molecule has 0 unspecified atom stereocenters. The van der Waals surface area contributed by atoms with Crippen molar-refractivity contribution >= 4 is 19.1 Å². The normalized spacial score (nSPS) is 13.0. The predicted octanol–water partition coefficient (Wildman–Crippen LogP) is 2.81. The fourth-order valence-corrected chi connectivity index (χ4v) is 2.19. The maximum absolute atomic E-state index is 7.78. The van der Waals surface area contributed by atoms with Crippen LogP contribution in [0.15, 0.2) is 18.4 Å². The highest BCUT2D eigenvalue weighted by atomic mass is 28.3. The molecule has 0 saturated heterocycles. The Hall–Kier alpha value is -1.20. The molecular weight excluding hydrogens is 230 g/mol. The van der Waals surface area contributed by atoms with Crippen molar-refractivity contribution in [2.75, 3.05) is 6.61 Å². The zero-order chi connectivity index (χ0) is 13.2. The molecule has 0 radical (unpaired) electrons. The Balaban J connectivity index is 1.95. The smallest absolute Gasteiger partial charge is 0.156 e. The van der Waals surface area contributed by atoms with Crippen LogP contribution in [0.2, 0.25) is 25.7 Å². The van der Waals surface area contributed by atoms with E-state index in [1.807, 2.05) is 6.07 Å². The summed E-state index contributed by atoms with van der Waals surface area (Å²) in [5.74, 6) is 0.575. The third-order valence-electron chi connectivity index (χ3n) is 2.50. The minimum Gasteiger partial charge on any atom is -0.374 e. The highest BCUT2D eigenvalue weighted by molar-refractivity contribution is 6.76. The molecule has 0 bridgehead atoms. The Morgan fingerprint density at radius 3 is 3.06 bits per heavy atom. The van der Waals surface area contributed by atoms with Gasteiger partial charge in [0.25, 0.3) is 0 Å². The van der Waals surface area contributed by atoms with Crippen molar-refractivity contribution < 1.29 is 6.11 Å². The summed E-state index contributed by atoms with van der Waals surface area (Å²) in [4.78, 5) is 11.5. The molecule has 2 rings (SSSR count). The fourth-order valence-electron chi connectivity index (χ4n) is 1.43. The molecule has 5 heteroatoms. The van der Waals surface area contributed by atoms with Crippen LogP contribution < -0.4 is 0 Å². The zero-order valence-electron chi connectivity index (χ0n) is 11.6. The summed E-state index contributed by atoms with van der Waals surface area (Å²) >= 11 is 0. The van der Waals surface area contributed by atoms with Gasteiger partial charge in [-0.15, -0.1) is 0 Å². The molecule has 4 nitrogen and oxygen atoms in total. The number of aromatic amines is 1. The van der Waals surface area contributed by atoms with Gasteiger partial charge in [-0.05, 0) is 12.1 Å². The number of aromatic nitrogens is 3. The number of hydrogen-bond acceptors (Lipinski definition) is 3. The second-order valence-corrected chi connectivity index (χ2v) is 11.0. The van der Waals surface area contributed by atoms with Gasteiger partial charge in [-0.3, -0.25) is 0 Å². The summed E-state index contributed by atoms with van der Waals surface area (Å²) in [7, 11) is -1.05. The molecule has 2 aromatic heterocycles. The molecule has 17 heavy (non-hydrogen) atoms. The Morgan fingerprint density at radius 2 is 2.29 bits per heavy atom. The van der Waals surface area contributed by atoms with Gasteiger partial charge in [0.1, 0.15) is 12.3 Å². The van der Waals surface area contributed by atoms with Crippen LogP contribution >= 0.6 is 0 Å². The van der Waals surface area contributed by atoms with Crippen LogP contribution in [0, 0.1) is 0 Å². The summed E-state index contributed by atoms with van der Waals surface area (Å²) < 4.78 is 13.4. The van der Waals surface area contributed by atoms with Crippen LogP contribution in [0.4, 0.5) is 0 Å². The molecule has 0 aliphatic carbocycles. The number of nitrogens with one attached hydrogen (secondary N) is 1. The molecule has 0 saturated carbocycles. The standard InChI is InChI=1S/C12H19N3OSi/c1-17(2,3)7-6-16-9-11-14-8-10-4-5-13-12(10)15-11/h4-5,8H,6-7,9H2,1-3H3,(H,13,14,15)/i8D. The Labute approximate surface area is 104 Å². The van der Waals surface area contributed by atoms with E-state index in [0.29, 0.717) is 18.1 Å². The van der Waals surface area contributed by atoms with Gasteiger partial charge in [0.15, 0.2) is 5.82 Å². The molecule has 92 valence electrons. The van der Waals surface area contributed by atoms with Gasteiger partial charge in [-0.25, -0.2) is 9.97 Å². The second kappa shape index (κ2) is 4.97. The summed E-state index contributed by atoms with van der Waals surface area (Å²) in [5.41, 5.74) is 0.707. The van der Waals surface area contributed by atoms with Crippen molar-refractivity contribution in [1.29, 1.82) is 0 Å². The van der Waals surface area contributed by atoms with Crippen LogP contribution in [0.3, 0.4) is 0 Å². The Morgan fingerprint density at radius 1 is 1.47 bits per heavy atom. The van der Waals surface area contributed by atoms with E-state index in [1.165, 1.54) is 0 Å². The average molecular weight is 250 g/mol. The lowest BCUT2D eigenvalue weighted by molar-refractivity contribution is 0.127. The molecule has 0 aliphatic rings. The second-order valence-electron chi connectivity index (χ2n) is 5.35. The monoisotopic (exact) mass is 250 g/mol. The molecule has 0 spiro atoms. The van der Waals surface area contributed by atoms with E-state index in [2.05, 4.69) is 34.6 Å². The largest absolute Gasteiger partial charge is 0.374 e. The minimum absolute atomic E-state index is 0.255. The van der Waals surface area contributed by atoms with E-state index >= 15 is 0 Å². The molecule has 0 amide bonds. The van der Waals surface area contributed by atoms with Gasteiger partial charge >= 0.3 is 0 Å². The first-order valence-corrected chi connectivity index (χ1v) is 9.55.